The number of methoxy groups -OCH3 is 3. The molecule has 1 aliphatic heterocycles. The van der Waals surface area contributed by atoms with E-state index in [4.69, 9.17) is 72.8 Å². The van der Waals surface area contributed by atoms with Gasteiger partial charge in [0, 0.05) is 109 Å². The summed E-state index contributed by atoms with van der Waals surface area (Å²) in [4.78, 5) is 135. The van der Waals surface area contributed by atoms with Crippen LogP contribution in [0.2, 0.25) is 0 Å². The smallest absolute Gasteiger partial charge is 0.325 e. The summed E-state index contributed by atoms with van der Waals surface area (Å²) in [5, 5.41) is 54.7. The standard InChI is InChI=1S/C66H107FN6O14S3.C12H22O7.C7H16O4/c1-11-46(5)62(71-64(81)54-25-20-22-33-72(54)8)66(82)73(9)55(45(3)4)40-57(86-48(7)75)65-70-53(44-88-65)56(76)39-50(38-49-28-30-51(67)31-29-49)37-47(6)63(80)69-41-60(79)84-34-36-90-89-35-23-19-17-15-13-14-16-18-21-32-68-58(77)26-24-27-59(78)85-43-61(83-10)87-52(12-2)42-74;1-3-9(7-13)19-12(17-2)8-18-11(16)6-4-5-10(14)15;1-3-6(4-8)11-7(5-9)10-2/h28-31,44-47,50,52,54-55,57,61-62,74H,11-27,32-43H2,1-10H3,(H,68,77)(H,69,80)(H,71,81);9,12-13H,3-8H2,1-2H3,(H,14,15);6-9H,3-5H2,1-2H3/t46-,47-,50+,52?,54+,55+,57+,61?,62?;;/m0../s1. The maximum absolute atomic E-state index is 14.4. The van der Waals surface area contributed by atoms with Gasteiger partial charge in [-0.3, -0.25) is 52.8 Å². The number of esters is 4. The number of hydrogen-bond donors (Lipinski definition) is 8. The number of carboxylic acids is 1. The summed E-state index contributed by atoms with van der Waals surface area (Å²) in [6.45, 7) is 17.2. The summed E-state index contributed by atoms with van der Waals surface area (Å²) in [5.41, 5.74) is 0.946. The number of carboxylic acid groups (broad SMARTS) is 1. The van der Waals surface area contributed by atoms with Gasteiger partial charge in [-0.15, -0.1) is 11.3 Å². The number of rotatable bonds is 65. The molecule has 0 saturated carbocycles. The molecule has 1 aromatic carbocycles. The lowest BCUT2D eigenvalue weighted by Gasteiger charge is -2.38. The Bertz CT molecular complexity index is 3120. The van der Waals surface area contributed by atoms with Gasteiger partial charge < -0.3 is 93.8 Å². The number of Topliss-reactive ketones (excluding diaryl/α,β-unsaturated/α-hetero) is 1. The number of carbonyl (C=O) groups excluding carboxylic acids is 9. The van der Waals surface area contributed by atoms with Crippen molar-refractivity contribution < 1.29 is 125 Å². The van der Waals surface area contributed by atoms with E-state index in [2.05, 4.69) is 16.0 Å². The number of halogens is 1. The molecule has 2 heterocycles. The number of aliphatic carboxylic acids is 1. The summed E-state index contributed by atoms with van der Waals surface area (Å²) in [6, 6.07) is 4.48. The second-order valence-electron chi connectivity index (χ2n) is 30.3. The van der Waals surface area contributed by atoms with E-state index in [1.54, 1.807) is 58.0 Å². The van der Waals surface area contributed by atoms with Crippen molar-refractivity contribution in [3.63, 3.8) is 0 Å². The van der Waals surface area contributed by atoms with Gasteiger partial charge in [-0.1, -0.05) is 147 Å². The Morgan fingerprint density at radius 1 is 0.650 bits per heavy atom. The maximum atomic E-state index is 14.4. The van der Waals surface area contributed by atoms with Crippen LogP contribution in [0.4, 0.5) is 4.39 Å². The fraction of sp³-hybridized carbons (Fsp3) is 0.776. The predicted octanol–water partition coefficient (Wildman–Crippen LogP) is 10.7. The zero-order chi connectivity index (χ0) is 89.7. The van der Waals surface area contributed by atoms with E-state index in [0.717, 1.165) is 75.6 Å². The molecular formula is C85H145FN6O25S3. The van der Waals surface area contributed by atoms with E-state index < -0.39 is 84.7 Å². The van der Waals surface area contributed by atoms with Crippen LogP contribution in [0.15, 0.2) is 29.6 Å². The SMILES string of the molecule is CCC(CO)OC(CO)OC.CCC(CO)OC(COC(=O)CCCC(=O)NCCCCCCCCCCCSSCCOC(=O)CNC(=O)[C@@H](C)C[C@@H](CC(=O)c1csc([C@@H](C[C@H](C(C)C)N(C)C(=O)C(NC(=O)[C@H]2CCCCN2C)[C@@H](C)CC)OC(C)=O)n1)Cc1ccc(F)cc1)OC.CCC(CO)OC(COC(=O)CCCC(=O)O)OC. The molecule has 120 heavy (non-hydrogen) atoms. The van der Waals surface area contributed by atoms with Crippen LogP contribution in [0.3, 0.4) is 0 Å². The van der Waals surface area contributed by atoms with Crippen molar-refractivity contribution in [3.05, 3.63) is 51.7 Å². The van der Waals surface area contributed by atoms with Crippen LogP contribution in [0.5, 0.6) is 0 Å². The number of nitrogens with one attached hydrogen (secondary N) is 3. The number of aromatic nitrogens is 1. The highest BCUT2D eigenvalue weighted by atomic mass is 33.1. The second kappa shape index (κ2) is 68.3. The summed E-state index contributed by atoms with van der Waals surface area (Å²) < 4.78 is 66.2. The van der Waals surface area contributed by atoms with Crippen LogP contribution in [0, 0.1) is 29.5 Å². The number of ether oxygens (including phenoxy) is 10. The van der Waals surface area contributed by atoms with Gasteiger partial charge in [-0.05, 0) is 120 Å². The Hall–Kier alpha value is -6.06. The van der Waals surface area contributed by atoms with Crippen LogP contribution in [-0.2, 0) is 96.9 Å². The van der Waals surface area contributed by atoms with Crippen molar-refractivity contribution in [2.24, 2.45) is 23.7 Å². The minimum absolute atomic E-state index is 0.00252. The number of piperidine rings is 1. The molecule has 1 fully saturated rings. The van der Waals surface area contributed by atoms with Gasteiger partial charge >= 0.3 is 29.8 Å². The number of unbranched alkanes of at least 4 members (excludes halogenated alkanes) is 8. The van der Waals surface area contributed by atoms with Gasteiger partial charge in [0.25, 0.3) is 0 Å². The number of nitrogens with zero attached hydrogens (tertiary/aromatic N) is 3. The lowest BCUT2D eigenvalue weighted by molar-refractivity contribution is -0.194. The summed E-state index contributed by atoms with van der Waals surface area (Å²) >= 11 is 1.18. The average molecular weight is 1770 g/mol. The fourth-order valence-electron chi connectivity index (χ4n) is 12.7. The van der Waals surface area contributed by atoms with Crippen molar-refractivity contribution in [1.29, 1.82) is 0 Å². The molecule has 7 unspecified atom stereocenters. The Kier molecular flexibility index (Phi) is 63.7. The summed E-state index contributed by atoms with van der Waals surface area (Å²) in [7, 11) is 11.3. The quantitative estimate of drug-likeness (QED) is 0.00761. The van der Waals surface area contributed by atoms with Crippen molar-refractivity contribution in [2.75, 3.05) is 113 Å². The first-order chi connectivity index (χ1) is 57.4. The molecule has 1 aromatic heterocycles. The van der Waals surface area contributed by atoms with Crippen LogP contribution in [0.1, 0.15) is 250 Å². The van der Waals surface area contributed by atoms with Gasteiger partial charge in [-0.2, -0.15) is 0 Å². The van der Waals surface area contributed by atoms with Gasteiger partial charge in [-0.25, -0.2) is 9.37 Å². The number of benzene rings is 1. The predicted molar refractivity (Wildman–Crippen MR) is 458 cm³/mol. The largest absolute Gasteiger partial charge is 0.481 e. The van der Waals surface area contributed by atoms with Crippen molar-refractivity contribution in [2.45, 2.75) is 291 Å². The van der Waals surface area contributed by atoms with E-state index >= 15 is 0 Å². The number of amides is 4. The molecule has 35 heteroatoms. The third-order valence-corrected chi connectivity index (χ3v) is 23.7. The molecule has 1 saturated heterocycles. The van der Waals surface area contributed by atoms with Crippen LogP contribution < -0.4 is 16.0 Å². The topological polar surface area (TPSA) is 420 Å². The van der Waals surface area contributed by atoms with E-state index in [9.17, 15) is 57.4 Å². The van der Waals surface area contributed by atoms with Gasteiger partial charge in [0.05, 0.1) is 50.8 Å². The molecular weight excluding hydrogens is 1620 g/mol. The number of aliphatic hydroxyl groups is 4. The Morgan fingerprint density at radius 2 is 1.19 bits per heavy atom. The molecule has 1 aliphatic rings. The highest BCUT2D eigenvalue weighted by Gasteiger charge is 2.38. The first-order valence-electron chi connectivity index (χ1n) is 42.5. The maximum Gasteiger partial charge on any atom is 0.325 e. The first-order valence-corrected chi connectivity index (χ1v) is 45.9. The lowest BCUT2D eigenvalue weighted by Crippen LogP contribution is -2.58. The van der Waals surface area contributed by atoms with Crippen LogP contribution >= 0.6 is 32.9 Å². The number of ketones is 1. The lowest BCUT2D eigenvalue weighted by atomic mass is 9.86. The highest BCUT2D eigenvalue weighted by Crippen LogP contribution is 2.33. The highest BCUT2D eigenvalue weighted by molar-refractivity contribution is 8.76. The van der Waals surface area contributed by atoms with Crippen LogP contribution in [0.25, 0.3) is 0 Å². The zero-order valence-electron chi connectivity index (χ0n) is 73.7. The number of aliphatic hydroxyl groups excluding tert-OH is 4. The van der Waals surface area contributed by atoms with E-state index in [1.807, 2.05) is 60.4 Å². The van der Waals surface area contributed by atoms with Gasteiger partial charge in [0.1, 0.15) is 48.9 Å². The number of likely N-dealkylation sites (N-methyl/N-ethyl adjacent to an activating group) is 2. The molecule has 4 amide bonds. The Balaban J connectivity index is 0.00000200. The van der Waals surface area contributed by atoms with E-state index in [-0.39, 0.29) is 175 Å². The molecule has 13 atom stereocenters. The summed E-state index contributed by atoms with van der Waals surface area (Å²) in [6.07, 6.45) is 13.1. The molecule has 0 radical (unpaired) electrons. The van der Waals surface area contributed by atoms with Crippen molar-refractivity contribution >= 4 is 92.2 Å². The number of thiazole rings is 1. The minimum atomic E-state index is -0.945. The molecule has 0 bridgehead atoms. The molecule has 31 nitrogen and oxygen atoms in total. The average Bonchev–Trinajstić information content (AvgIpc) is 1.25. The molecule has 690 valence electrons. The van der Waals surface area contributed by atoms with Crippen molar-refractivity contribution in [3.8, 4) is 0 Å². The van der Waals surface area contributed by atoms with E-state index in [0.29, 0.717) is 55.8 Å². The Labute approximate surface area is 723 Å². The third kappa shape index (κ3) is 50.6. The molecule has 2 aromatic rings. The first kappa shape index (κ1) is 112. The minimum Gasteiger partial charge on any atom is -0.481 e. The van der Waals surface area contributed by atoms with E-state index in [1.165, 1.54) is 71.0 Å². The normalized spacial score (nSPS) is 15.8. The summed E-state index contributed by atoms with van der Waals surface area (Å²) in [5.74, 6) is -4.12. The molecule has 0 aliphatic carbocycles. The third-order valence-electron chi connectivity index (χ3n) is 20.3. The molecule has 0 spiro atoms. The molecule has 3 rings (SSSR count). The zero-order valence-corrected chi connectivity index (χ0v) is 76.1. The number of hydrogen-bond acceptors (Lipinski definition) is 29. The van der Waals surface area contributed by atoms with Crippen molar-refractivity contribution in [1.82, 2.24) is 30.7 Å². The Morgan fingerprint density at radius 3 is 1.70 bits per heavy atom. The second-order valence-corrected chi connectivity index (χ2v) is 33.9. The fourth-order valence-corrected chi connectivity index (χ4v) is 15.5. The van der Waals surface area contributed by atoms with Gasteiger partial charge in [0.15, 0.2) is 30.8 Å². The number of carbonyl (C=O) groups is 10. The van der Waals surface area contributed by atoms with Crippen LogP contribution in [-0.4, -0.2) is 268 Å². The monoisotopic (exact) mass is 1760 g/mol. The number of likely N-dealkylation sites (tertiary alicyclic amines) is 1. The van der Waals surface area contributed by atoms with Gasteiger partial charge in [0.2, 0.25) is 23.6 Å². The molecule has 8 N–H and O–H groups in total.